The van der Waals surface area contributed by atoms with Gasteiger partial charge in [-0.2, -0.15) is 11.8 Å². The zero-order chi connectivity index (χ0) is 43.7. The van der Waals surface area contributed by atoms with Gasteiger partial charge >= 0.3 is 6.03 Å². The van der Waals surface area contributed by atoms with Crippen LogP contribution in [0.25, 0.3) is 0 Å². The predicted octanol–water partition coefficient (Wildman–Crippen LogP) is 5.26. The Morgan fingerprint density at radius 3 is 2.29 bits per heavy atom. The standard InChI is InChI=1S/C47H61N5O9S/c1-47(2)29-39(53)44(40(54)30-47)36(48-19-17-43(56)52-31-35-11-4-3-9-33(35)15-16-34-10-5-6-12-38(34)52)18-21-58-23-25-60-27-28-61-26-24-59-22-20-49-42(55)14-8-7-13-41-45-37(32-62-41)50-46(57)51-45/h3-6,9-12,37,41,45,53H,7-8,13-14,17-32H2,1-2H3,(H,49,55)(H2,50,51,57)/t37-,41?,45-/m1/s1. The molecular weight excluding hydrogens is 811 g/mol. The van der Waals surface area contributed by atoms with E-state index in [4.69, 9.17) is 23.9 Å². The quantitative estimate of drug-likeness (QED) is 0.0471. The third-order valence-corrected chi connectivity index (χ3v) is 12.7. The van der Waals surface area contributed by atoms with E-state index in [-0.39, 0.29) is 72.0 Å². The molecule has 0 saturated carbocycles. The summed E-state index contributed by atoms with van der Waals surface area (Å²) in [7, 11) is 0. The van der Waals surface area contributed by atoms with E-state index in [1.54, 1.807) is 4.90 Å². The van der Waals surface area contributed by atoms with Crippen molar-refractivity contribution in [3.63, 3.8) is 0 Å². The van der Waals surface area contributed by atoms with E-state index in [0.717, 1.165) is 47.4 Å². The number of para-hydroxylation sites is 1. The van der Waals surface area contributed by atoms with Gasteiger partial charge < -0.3 is 44.9 Å². The first-order valence-electron chi connectivity index (χ1n) is 21.8. The molecule has 2 fully saturated rings. The number of nitrogens with one attached hydrogen (secondary N) is 3. The molecule has 4 N–H and O–H groups in total. The SMILES string of the molecule is CC1(C)CC(=O)C(C(CCOCCOCCOCCOCCNC(=O)CCCCC2SC[C@H]3NC(=O)N[C@@H]23)=NCCC(=O)N2Cc3ccccc3C#Cc3ccccc32)=C(O)C1. The number of Topliss-reactive ketones (excluding diaryl/α,β-unsaturated/α-hetero) is 1. The molecule has 4 amide bonds. The van der Waals surface area contributed by atoms with Crippen molar-refractivity contribution in [2.24, 2.45) is 10.4 Å². The number of anilines is 1. The number of aliphatic imine (C=N–C) groups is 1. The number of ether oxygens (including phenoxy) is 4. The average Bonchev–Trinajstić information content (AvgIpc) is 3.79. The number of hydrogen-bond acceptors (Lipinski definition) is 11. The Morgan fingerprint density at radius 1 is 0.855 bits per heavy atom. The number of urea groups is 1. The van der Waals surface area contributed by atoms with E-state index in [9.17, 15) is 24.3 Å². The lowest BCUT2D eigenvalue weighted by molar-refractivity contribution is -0.121. The summed E-state index contributed by atoms with van der Waals surface area (Å²) in [5.74, 6) is 7.18. The summed E-state index contributed by atoms with van der Waals surface area (Å²) in [5.41, 5.74) is 3.69. The van der Waals surface area contributed by atoms with Crippen molar-refractivity contribution in [1.82, 2.24) is 16.0 Å². The monoisotopic (exact) mass is 871 g/mol. The first-order valence-corrected chi connectivity index (χ1v) is 22.9. The van der Waals surface area contributed by atoms with E-state index in [0.29, 0.717) is 96.0 Å². The number of unbranched alkanes of at least 4 members (excludes halogenated alkanes) is 1. The molecule has 3 aliphatic heterocycles. The lowest BCUT2D eigenvalue weighted by Crippen LogP contribution is -2.36. The highest BCUT2D eigenvalue weighted by Gasteiger charge is 2.42. The molecule has 62 heavy (non-hydrogen) atoms. The maximum atomic E-state index is 13.8. The molecule has 4 aliphatic rings. The maximum absolute atomic E-state index is 13.8. The van der Waals surface area contributed by atoms with Gasteiger partial charge in [-0.05, 0) is 42.0 Å². The molecule has 14 nitrogen and oxygen atoms in total. The highest BCUT2D eigenvalue weighted by molar-refractivity contribution is 8.00. The molecule has 1 unspecified atom stereocenters. The molecule has 0 radical (unpaired) electrons. The molecule has 6 rings (SSSR count). The Hall–Kier alpha value is -4.72. The Balaban J connectivity index is 0.834. The van der Waals surface area contributed by atoms with Gasteiger partial charge in [0.15, 0.2) is 5.78 Å². The molecule has 2 aromatic rings. The third kappa shape index (κ3) is 13.9. The van der Waals surface area contributed by atoms with E-state index >= 15 is 0 Å². The van der Waals surface area contributed by atoms with Crippen molar-refractivity contribution >= 4 is 46.8 Å². The van der Waals surface area contributed by atoms with Gasteiger partial charge in [0.25, 0.3) is 0 Å². The fourth-order valence-electron chi connectivity index (χ4n) is 8.08. The number of hydrogen-bond donors (Lipinski definition) is 4. The van der Waals surface area contributed by atoms with Gasteiger partial charge in [-0.3, -0.25) is 19.4 Å². The van der Waals surface area contributed by atoms with Crippen LogP contribution >= 0.6 is 11.8 Å². The van der Waals surface area contributed by atoms with Crippen LogP contribution in [0.4, 0.5) is 10.5 Å². The van der Waals surface area contributed by atoms with E-state index in [2.05, 4.69) is 27.8 Å². The number of nitrogens with zero attached hydrogens (tertiary/aromatic N) is 2. The number of amides is 4. The number of thioether (sulfide) groups is 1. The van der Waals surface area contributed by atoms with Crippen LogP contribution in [-0.2, 0) is 39.9 Å². The van der Waals surface area contributed by atoms with E-state index in [1.807, 2.05) is 74.1 Å². The molecule has 15 heteroatoms. The van der Waals surface area contributed by atoms with Gasteiger partial charge in [0.1, 0.15) is 5.76 Å². The van der Waals surface area contributed by atoms with Crippen molar-refractivity contribution in [3.05, 3.63) is 76.6 Å². The summed E-state index contributed by atoms with van der Waals surface area (Å²) in [6, 6.07) is 15.8. The molecule has 1 aliphatic carbocycles. The Kier molecular flexibility index (Phi) is 17.8. The highest BCUT2D eigenvalue weighted by Crippen LogP contribution is 2.37. The van der Waals surface area contributed by atoms with Gasteiger partial charge in [0.2, 0.25) is 11.8 Å². The third-order valence-electron chi connectivity index (χ3n) is 11.2. The first kappa shape index (κ1) is 46.8. The molecule has 0 spiro atoms. The molecule has 3 heterocycles. The van der Waals surface area contributed by atoms with Crippen LogP contribution < -0.4 is 20.9 Å². The summed E-state index contributed by atoms with van der Waals surface area (Å²) in [6.07, 6.45) is 4.30. The normalized spacial score (nSPS) is 20.3. The van der Waals surface area contributed by atoms with Crippen molar-refractivity contribution < 1.29 is 43.2 Å². The van der Waals surface area contributed by atoms with E-state index < -0.39 is 0 Å². The van der Waals surface area contributed by atoms with Crippen LogP contribution in [0.15, 0.2) is 64.9 Å². The van der Waals surface area contributed by atoms with Crippen LogP contribution in [0, 0.1) is 17.3 Å². The lowest BCUT2D eigenvalue weighted by Gasteiger charge is -2.30. The molecule has 3 atom stereocenters. The van der Waals surface area contributed by atoms with Crippen LogP contribution in [0.1, 0.15) is 81.9 Å². The van der Waals surface area contributed by atoms with Crippen molar-refractivity contribution in [1.29, 1.82) is 0 Å². The van der Waals surface area contributed by atoms with Crippen LogP contribution in [0.2, 0.25) is 0 Å². The second-order valence-corrected chi connectivity index (χ2v) is 17.9. The Morgan fingerprint density at radius 2 is 1.53 bits per heavy atom. The van der Waals surface area contributed by atoms with Crippen molar-refractivity contribution in [2.45, 2.75) is 89.1 Å². The average molecular weight is 872 g/mol. The molecule has 2 saturated heterocycles. The number of ketones is 1. The minimum Gasteiger partial charge on any atom is -0.511 e. The summed E-state index contributed by atoms with van der Waals surface area (Å²) >= 11 is 1.89. The van der Waals surface area contributed by atoms with Crippen LogP contribution in [0.5, 0.6) is 0 Å². The van der Waals surface area contributed by atoms with E-state index in [1.165, 1.54) is 0 Å². The second kappa shape index (κ2) is 23.6. The molecule has 334 valence electrons. The van der Waals surface area contributed by atoms with Crippen LogP contribution in [-0.4, -0.2) is 123 Å². The zero-order valence-corrected chi connectivity index (χ0v) is 36.8. The number of aliphatic hydroxyl groups is 1. The van der Waals surface area contributed by atoms with Gasteiger partial charge in [0.05, 0.1) is 88.5 Å². The second-order valence-electron chi connectivity index (χ2n) is 16.7. The number of carbonyl (C=O) groups excluding carboxylic acids is 4. The summed E-state index contributed by atoms with van der Waals surface area (Å²) < 4.78 is 22.6. The van der Waals surface area contributed by atoms with Gasteiger partial charge in [-0.1, -0.05) is 62.4 Å². The largest absolute Gasteiger partial charge is 0.511 e. The Bertz CT molecular complexity index is 2010. The highest BCUT2D eigenvalue weighted by atomic mass is 32.2. The Labute approximate surface area is 369 Å². The number of allylic oxidation sites excluding steroid dienone is 2. The summed E-state index contributed by atoms with van der Waals surface area (Å²) in [6.45, 7) is 7.81. The summed E-state index contributed by atoms with van der Waals surface area (Å²) in [4.78, 5) is 57.3. The van der Waals surface area contributed by atoms with Crippen molar-refractivity contribution in [3.8, 4) is 11.8 Å². The minimum atomic E-state index is -0.357. The topological polar surface area (TPSA) is 177 Å². The van der Waals surface area contributed by atoms with Gasteiger partial charge in [-0.25, -0.2) is 4.79 Å². The fraction of sp³-hybridized carbons (Fsp3) is 0.553. The number of rotatable bonds is 24. The summed E-state index contributed by atoms with van der Waals surface area (Å²) in [5, 5.41) is 20.3. The number of carbonyl (C=O) groups is 4. The number of fused-ring (bicyclic) bond motifs is 3. The predicted molar refractivity (Wildman–Crippen MR) is 240 cm³/mol. The molecule has 0 bridgehead atoms. The van der Waals surface area contributed by atoms with Crippen LogP contribution in [0.3, 0.4) is 0 Å². The smallest absolute Gasteiger partial charge is 0.315 e. The molecule has 2 aromatic carbocycles. The zero-order valence-electron chi connectivity index (χ0n) is 36.0. The van der Waals surface area contributed by atoms with Gasteiger partial charge in [-0.15, -0.1) is 0 Å². The fourth-order valence-corrected chi connectivity index (χ4v) is 9.63. The first-order chi connectivity index (χ1) is 30.1. The molecular formula is C47H61N5O9S. The molecule has 0 aromatic heterocycles. The number of aliphatic hydroxyl groups excluding tert-OH is 1. The minimum absolute atomic E-state index is 0.0188. The maximum Gasteiger partial charge on any atom is 0.315 e. The van der Waals surface area contributed by atoms with Crippen molar-refractivity contribution in [2.75, 3.05) is 76.6 Å². The number of benzene rings is 2. The lowest BCUT2D eigenvalue weighted by atomic mass is 9.75. The van der Waals surface area contributed by atoms with Gasteiger partial charge in [0, 0.05) is 67.3 Å².